The molecule has 132 valence electrons. The van der Waals surface area contributed by atoms with Gasteiger partial charge in [-0.25, -0.2) is 9.97 Å². The number of rotatable bonds is 5. The van der Waals surface area contributed by atoms with E-state index < -0.39 is 5.97 Å². The molecule has 2 aliphatic heterocycles. The molecule has 1 aromatic heterocycles. The molecule has 24 heavy (non-hydrogen) atoms. The highest BCUT2D eigenvalue weighted by Crippen LogP contribution is 2.21. The van der Waals surface area contributed by atoms with E-state index in [0.29, 0.717) is 25.0 Å². The van der Waals surface area contributed by atoms with E-state index in [1.807, 2.05) is 12.4 Å². The SMILES string of the molecule is CC(C)c1ncc(CN2C[C@@H]3COC[C@H](C2)N(CC(=O)O)C3)cn1. The molecule has 0 aliphatic carbocycles. The summed E-state index contributed by atoms with van der Waals surface area (Å²) in [5.74, 6) is 0.769. The van der Waals surface area contributed by atoms with Crippen molar-refractivity contribution in [1.29, 1.82) is 0 Å². The van der Waals surface area contributed by atoms with Gasteiger partial charge in [0.1, 0.15) is 5.82 Å². The summed E-state index contributed by atoms with van der Waals surface area (Å²) in [5.41, 5.74) is 1.10. The standard InChI is InChI=1S/C17H26N4O3/c1-12(2)17-18-3-13(4-19-17)5-20-6-14-7-21(9-16(22)23)15(8-20)11-24-10-14/h3-4,12,14-15H,5-11H2,1-2H3,(H,22,23)/t14-,15-/m0/s1. The quantitative estimate of drug-likeness (QED) is 0.854. The molecule has 2 fully saturated rings. The van der Waals surface area contributed by atoms with Gasteiger partial charge in [0.05, 0.1) is 19.8 Å². The molecular weight excluding hydrogens is 308 g/mol. The summed E-state index contributed by atoms with van der Waals surface area (Å²) in [4.78, 5) is 24.4. The Morgan fingerprint density at radius 1 is 1.29 bits per heavy atom. The first kappa shape index (κ1) is 17.3. The van der Waals surface area contributed by atoms with E-state index in [1.54, 1.807) is 0 Å². The number of fused-ring (bicyclic) bond motifs is 3. The van der Waals surface area contributed by atoms with E-state index in [-0.39, 0.29) is 12.6 Å². The predicted molar refractivity (Wildman–Crippen MR) is 88.7 cm³/mol. The molecule has 2 aliphatic rings. The Bertz CT molecular complexity index is 563. The second-order valence-electron chi connectivity index (χ2n) is 7.18. The number of ether oxygens (including phenoxy) is 1. The number of carboxylic acid groups (broad SMARTS) is 1. The van der Waals surface area contributed by atoms with Crippen molar-refractivity contribution >= 4 is 5.97 Å². The van der Waals surface area contributed by atoms with E-state index in [1.165, 1.54) is 0 Å². The Morgan fingerprint density at radius 3 is 2.71 bits per heavy atom. The molecule has 0 radical (unpaired) electrons. The monoisotopic (exact) mass is 334 g/mol. The molecule has 0 aromatic carbocycles. The smallest absolute Gasteiger partial charge is 0.317 e. The lowest BCUT2D eigenvalue weighted by atomic mass is 10.1. The average Bonchev–Trinajstić information content (AvgIpc) is 2.77. The van der Waals surface area contributed by atoms with Crippen LogP contribution in [0.5, 0.6) is 0 Å². The Labute approximate surface area is 142 Å². The minimum Gasteiger partial charge on any atom is -0.480 e. The van der Waals surface area contributed by atoms with Gasteiger partial charge in [0, 0.05) is 62.0 Å². The third-order valence-corrected chi connectivity index (χ3v) is 4.64. The molecule has 2 bridgehead atoms. The van der Waals surface area contributed by atoms with Crippen molar-refractivity contribution in [1.82, 2.24) is 19.8 Å². The second kappa shape index (κ2) is 7.55. The molecule has 7 nitrogen and oxygen atoms in total. The topological polar surface area (TPSA) is 78.8 Å². The normalized spacial score (nSPS) is 25.6. The molecular formula is C17H26N4O3. The lowest BCUT2D eigenvalue weighted by Gasteiger charge is -2.30. The van der Waals surface area contributed by atoms with Crippen molar-refractivity contribution in [3.63, 3.8) is 0 Å². The van der Waals surface area contributed by atoms with Crippen molar-refractivity contribution in [2.45, 2.75) is 32.4 Å². The fraction of sp³-hybridized carbons (Fsp3) is 0.706. The molecule has 2 atom stereocenters. The predicted octanol–water partition coefficient (Wildman–Crippen LogP) is 0.817. The largest absolute Gasteiger partial charge is 0.480 e. The molecule has 1 aromatic rings. The maximum Gasteiger partial charge on any atom is 0.317 e. The van der Waals surface area contributed by atoms with Crippen molar-refractivity contribution < 1.29 is 14.6 Å². The lowest BCUT2D eigenvalue weighted by Crippen LogP contribution is -2.45. The average molecular weight is 334 g/mol. The summed E-state index contributed by atoms with van der Waals surface area (Å²) < 4.78 is 5.73. The van der Waals surface area contributed by atoms with Crippen molar-refractivity contribution in [3.8, 4) is 0 Å². The Kier molecular flexibility index (Phi) is 5.43. The zero-order valence-electron chi connectivity index (χ0n) is 14.4. The first-order chi connectivity index (χ1) is 11.5. The van der Waals surface area contributed by atoms with Crippen LogP contribution in [0.3, 0.4) is 0 Å². The maximum atomic E-state index is 11.1. The van der Waals surface area contributed by atoms with Crippen LogP contribution in [0.2, 0.25) is 0 Å². The number of hydrogen-bond acceptors (Lipinski definition) is 6. The van der Waals surface area contributed by atoms with E-state index in [0.717, 1.165) is 37.6 Å². The van der Waals surface area contributed by atoms with Gasteiger partial charge in [-0.2, -0.15) is 0 Å². The highest BCUT2D eigenvalue weighted by atomic mass is 16.5. The zero-order chi connectivity index (χ0) is 17.1. The number of aromatic nitrogens is 2. The van der Waals surface area contributed by atoms with Crippen LogP contribution in [0.1, 0.15) is 31.2 Å². The number of nitrogens with zero attached hydrogens (tertiary/aromatic N) is 4. The van der Waals surface area contributed by atoms with Crippen molar-refractivity contribution in [2.24, 2.45) is 5.92 Å². The van der Waals surface area contributed by atoms with Gasteiger partial charge in [-0.1, -0.05) is 13.8 Å². The summed E-state index contributed by atoms with van der Waals surface area (Å²) in [6.07, 6.45) is 3.82. The Morgan fingerprint density at radius 2 is 2.04 bits per heavy atom. The molecule has 7 heteroatoms. The molecule has 1 N–H and O–H groups in total. The highest BCUT2D eigenvalue weighted by Gasteiger charge is 2.34. The Hall–Kier alpha value is -1.57. The van der Waals surface area contributed by atoms with Crippen LogP contribution in [-0.2, 0) is 16.1 Å². The van der Waals surface area contributed by atoms with Crippen LogP contribution in [0, 0.1) is 5.92 Å². The summed E-state index contributed by atoms with van der Waals surface area (Å²) in [6, 6.07) is 0.129. The molecule has 3 rings (SSSR count). The van der Waals surface area contributed by atoms with Crippen LogP contribution in [0.15, 0.2) is 12.4 Å². The molecule has 0 unspecified atom stereocenters. The van der Waals surface area contributed by atoms with Crippen LogP contribution in [0.25, 0.3) is 0 Å². The number of aliphatic carboxylic acids is 1. The first-order valence-corrected chi connectivity index (χ1v) is 8.58. The third kappa shape index (κ3) is 4.28. The summed E-state index contributed by atoms with van der Waals surface area (Å²) in [7, 11) is 0. The number of carbonyl (C=O) groups is 1. The second-order valence-corrected chi connectivity index (χ2v) is 7.18. The zero-order valence-corrected chi connectivity index (χ0v) is 14.4. The van der Waals surface area contributed by atoms with Crippen LogP contribution < -0.4 is 0 Å². The van der Waals surface area contributed by atoms with Gasteiger partial charge in [-0.3, -0.25) is 14.6 Å². The van der Waals surface area contributed by atoms with Gasteiger partial charge in [0.2, 0.25) is 0 Å². The molecule has 3 heterocycles. The summed E-state index contributed by atoms with van der Waals surface area (Å²) >= 11 is 0. The van der Waals surface area contributed by atoms with Gasteiger partial charge in [0.15, 0.2) is 0 Å². The van der Waals surface area contributed by atoms with Crippen molar-refractivity contribution in [3.05, 3.63) is 23.8 Å². The summed E-state index contributed by atoms with van der Waals surface area (Å²) in [6.45, 7) is 8.88. The molecule has 0 spiro atoms. The minimum absolute atomic E-state index is 0.0879. The lowest BCUT2D eigenvalue weighted by molar-refractivity contribution is -0.139. The van der Waals surface area contributed by atoms with Crippen molar-refractivity contribution in [2.75, 3.05) is 39.4 Å². The number of hydrogen-bond donors (Lipinski definition) is 1. The molecule has 0 amide bonds. The fourth-order valence-electron chi connectivity index (χ4n) is 3.53. The van der Waals surface area contributed by atoms with Crippen LogP contribution >= 0.6 is 0 Å². The van der Waals surface area contributed by atoms with E-state index in [4.69, 9.17) is 9.84 Å². The molecule has 0 saturated carbocycles. The Balaban J connectivity index is 1.67. The van der Waals surface area contributed by atoms with Crippen LogP contribution in [-0.4, -0.2) is 76.3 Å². The van der Waals surface area contributed by atoms with Gasteiger partial charge < -0.3 is 9.84 Å². The van der Waals surface area contributed by atoms with Gasteiger partial charge in [-0.05, 0) is 0 Å². The minimum atomic E-state index is -0.772. The maximum absolute atomic E-state index is 11.1. The van der Waals surface area contributed by atoms with Gasteiger partial charge in [0.25, 0.3) is 0 Å². The first-order valence-electron chi connectivity index (χ1n) is 8.58. The summed E-state index contributed by atoms with van der Waals surface area (Å²) in [5, 5.41) is 9.14. The fourth-order valence-corrected chi connectivity index (χ4v) is 3.53. The highest BCUT2D eigenvalue weighted by molar-refractivity contribution is 5.69. The number of carboxylic acids is 1. The van der Waals surface area contributed by atoms with Gasteiger partial charge >= 0.3 is 5.97 Å². The van der Waals surface area contributed by atoms with E-state index in [9.17, 15) is 4.79 Å². The van der Waals surface area contributed by atoms with Crippen LogP contribution in [0.4, 0.5) is 0 Å². The van der Waals surface area contributed by atoms with Gasteiger partial charge in [-0.15, -0.1) is 0 Å². The van der Waals surface area contributed by atoms with E-state index >= 15 is 0 Å². The molecule has 2 saturated heterocycles. The third-order valence-electron chi connectivity index (χ3n) is 4.64. The van der Waals surface area contributed by atoms with E-state index in [2.05, 4.69) is 33.6 Å².